The van der Waals surface area contributed by atoms with Crippen LogP contribution in [0.25, 0.3) is 0 Å². The Morgan fingerprint density at radius 3 is 2.42 bits per heavy atom. The van der Waals surface area contributed by atoms with Crippen molar-refractivity contribution < 1.29 is 5.11 Å². The van der Waals surface area contributed by atoms with Crippen molar-refractivity contribution >= 4 is 0 Å². The molecule has 1 unspecified atom stereocenters. The summed E-state index contributed by atoms with van der Waals surface area (Å²) in [5, 5.41) is 14.8. The molecule has 0 saturated heterocycles. The van der Waals surface area contributed by atoms with Crippen LogP contribution in [0.4, 0.5) is 0 Å². The maximum atomic E-state index is 10.0. The molecule has 1 aromatic heterocycles. The molecule has 1 heterocycles. The van der Waals surface area contributed by atoms with Gasteiger partial charge in [0.15, 0.2) is 0 Å². The molecule has 0 radical (unpaired) electrons. The summed E-state index contributed by atoms with van der Waals surface area (Å²) in [5.74, 6) is 0.783. The van der Waals surface area contributed by atoms with Crippen LogP contribution in [0.2, 0.25) is 0 Å². The van der Waals surface area contributed by atoms with Crippen LogP contribution in [0.15, 0.2) is 0 Å². The molecular formula is C16H28N2O. The third kappa shape index (κ3) is 3.19. The summed E-state index contributed by atoms with van der Waals surface area (Å²) in [6.45, 7) is 7.20. The van der Waals surface area contributed by atoms with Gasteiger partial charge in [-0.05, 0) is 38.5 Å². The maximum Gasteiger partial charge on any atom is 0.0798 e. The maximum absolute atomic E-state index is 10.0. The van der Waals surface area contributed by atoms with Crippen LogP contribution in [-0.2, 0) is 19.4 Å². The Morgan fingerprint density at radius 2 is 1.89 bits per heavy atom. The van der Waals surface area contributed by atoms with Crippen LogP contribution < -0.4 is 0 Å². The monoisotopic (exact) mass is 264 g/mol. The normalized spacial score (nSPS) is 18.7. The number of nitrogens with zero attached hydrogens (tertiary/aromatic N) is 2. The van der Waals surface area contributed by atoms with Crippen molar-refractivity contribution in [2.75, 3.05) is 0 Å². The lowest BCUT2D eigenvalue weighted by Crippen LogP contribution is -2.17. The predicted molar refractivity (Wildman–Crippen MR) is 78.2 cm³/mol. The smallest absolute Gasteiger partial charge is 0.0798 e. The van der Waals surface area contributed by atoms with E-state index in [4.69, 9.17) is 5.10 Å². The second-order valence-corrected chi connectivity index (χ2v) is 5.88. The highest BCUT2D eigenvalue weighted by Crippen LogP contribution is 2.28. The van der Waals surface area contributed by atoms with Crippen molar-refractivity contribution in [1.82, 2.24) is 9.78 Å². The van der Waals surface area contributed by atoms with E-state index in [1.807, 2.05) is 6.92 Å². The van der Waals surface area contributed by atoms with Gasteiger partial charge >= 0.3 is 0 Å². The Balaban J connectivity index is 2.23. The summed E-state index contributed by atoms with van der Waals surface area (Å²) in [6, 6.07) is 0. The number of aromatic nitrogens is 2. The standard InChI is InChI=1S/C16H28N2O/c1-4-14-16(12(3)19)15(5-2)18(17-14)11-13-9-7-6-8-10-13/h12-13,19H,4-11H2,1-3H3. The van der Waals surface area contributed by atoms with Gasteiger partial charge in [-0.25, -0.2) is 0 Å². The molecule has 19 heavy (non-hydrogen) atoms. The molecule has 1 aliphatic rings. The first-order chi connectivity index (χ1) is 9.17. The van der Waals surface area contributed by atoms with Crippen LogP contribution in [0, 0.1) is 5.92 Å². The van der Waals surface area contributed by atoms with E-state index in [1.165, 1.54) is 37.8 Å². The van der Waals surface area contributed by atoms with Crippen molar-refractivity contribution in [3.05, 3.63) is 17.0 Å². The summed E-state index contributed by atoms with van der Waals surface area (Å²) < 4.78 is 2.19. The second-order valence-electron chi connectivity index (χ2n) is 5.88. The third-order valence-electron chi connectivity index (χ3n) is 4.42. The van der Waals surface area contributed by atoms with Gasteiger partial charge in [0.2, 0.25) is 0 Å². The van der Waals surface area contributed by atoms with Gasteiger partial charge in [0.1, 0.15) is 0 Å². The lowest BCUT2D eigenvalue weighted by atomic mass is 9.89. The van der Waals surface area contributed by atoms with E-state index in [0.717, 1.165) is 36.6 Å². The van der Waals surface area contributed by atoms with Crippen molar-refractivity contribution in [3.8, 4) is 0 Å². The lowest BCUT2D eigenvalue weighted by Gasteiger charge is -2.22. The Hall–Kier alpha value is -0.830. The molecule has 1 atom stereocenters. The molecule has 1 N–H and O–H groups in total. The average Bonchev–Trinajstić information content (AvgIpc) is 2.77. The number of aryl methyl sites for hydroxylation is 1. The van der Waals surface area contributed by atoms with Gasteiger partial charge in [-0.1, -0.05) is 33.1 Å². The molecule has 3 heteroatoms. The molecule has 1 aromatic rings. The van der Waals surface area contributed by atoms with Gasteiger partial charge in [-0.3, -0.25) is 4.68 Å². The first-order valence-corrected chi connectivity index (χ1v) is 7.93. The van der Waals surface area contributed by atoms with Gasteiger partial charge in [0.25, 0.3) is 0 Å². The van der Waals surface area contributed by atoms with Gasteiger partial charge < -0.3 is 5.11 Å². The van der Waals surface area contributed by atoms with Crippen molar-refractivity contribution in [2.45, 2.75) is 78.4 Å². The molecule has 2 rings (SSSR count). The van der Waals surface area contributed by atoms with Crippen molar-refractivity contribution in [3.63, 3.8) is 0 Å². The Morgan fingerprint density at radius 1 is 1.21 bits per heavy atom. The van der Waals surface area contributed by atoms with Gasteiger partial charge in [-0.2, -0.15) is 5.10 Å². The fraction of sp³-hybridized carbons (Fsp3) is 0.812. The second kappa shape index (κ2) is 6.56. The van der Waals surface area contributed by atoms with Gasteiger partial charge in [-0.15, -0.1) is 0 Å². The number of aliphatic hydroxyl groups excluding tert-OH is 1. The van der Waals surface area contributed by atoms with Crippen LogP contribution >= 0.6 is 0 Å². The number of hydrogen-bond donors (Lipinski definition) is 1. The van der Waals surface area contributed by atoms with Gasteiger partial charge in [0.05, 0.1) is 11.8 Å². The summed E-state index contributed by atoms with van der Waals surface area (Å²) in [6.07, 6.45) is 8.29. The highest BCUT2D eigenvalue weighted by Gasteiger charge is 2.21. The molecule has 0 bridgehead atoms. The van der Waals surface area contributed by atoms with Gasteiger partial charge in [0, 0.05) is 17.8 Å². The average molecular weight is 264 g/mol. The van der Waals surface area contributed by atoms with E-state index in [9.17, 15) is 5.11 Å². The zero-order valence-electron chi connectivity index (χ0n) is 12.7. The van der Waals surface area contributed by atoms with Crippen LogP contribution in [0.3, 0.4) is 0 Å². The molecular weight excluding hydrogens is 236 g/mol. The number of hydrogen-bond acceptors (Lipinski definition) is 2. The summed E-state index contributed by atoms with van der Waals surface area (Å²) in [7, 11) is 0. The number of aliphatic hydroxyl groups is 1. The minimum Gasteiger partial charge on any atom is -0.389 e. The largest absolute Gasteiger partial charge is 0.389 e. The van der Waals surface area contributed by atoms with E-state index >= 15 is 0 Å². The van der Waals surface area contributed by atoms with E-state index in [0.29, 0.717) is 0 Å². The van der Waals surface area contributed by atoms with Crippen molar-refractivity contribution in [1.29, 1.82) is 0 Å². The number of rotatable bonds is 5. The molecule has 0 amide bonds. The third-order valence-corrected chi connectivity index (χ3v) is 4.42. The molecule has 0 aliphatic heterocycles. The Bertz CT molecular complexity index is 403. The molecule has 108 valence electrons. The Kier molecular flexibility index (Phi) is 5.03. The molecule has 1 aliphatic carbocycles. The van der Waals surface area contributed by atoms with E-state index in [-0.39, 0.29) is 0 Å². The van der Waals surface area contributed by atoms with E-state index in [1.54, 1.807) is 0 Å². The highest BCUT2D eigenvalue weighted by molar-refractivity contribution is 5.28. The van der Waals surface area contributed by atoms with Crippen molar-refractivity contribution in [2.24, 2.45) is 5.92 Å². The molecule has 0 aromatic carbocycles. The molecule has 0 spiro atoms. The zero-order chi connectivity index (χ0) is 13.8. The topological polar surface area (TPSA) is 38.0 Å². The summed E-state index contributed by atoms with van der Waals surface area (Å²) >= 11 is 0. The lowest BCUT2D eigenvalue weighted by molar-refractivity contribution is 0.196. The molecule has 1 saturated carbocycles. The first-order valence-electron chi connectivity index (χ1n) is 7.93. The van der Waals surface area contributed by atoms with E-state index < -0.39 is 6.10 Å². The first kappa shape index (κ1) is 14.6. The zero-order valence-corrected chi connectivity index (χ0v) is 12.7. The SMILES string of the molecule is CCc1nn(CC2CCCCC2)c(CC)c1C(C)O. The highest BCUT2D eigenvalue weighted by atomic mass is 16.3. The summed E-state index contributed by atoms with van der Waals surface area (Å²) in [4.78, 5) is 0. The minimum atomic E-state index is -0.398. The molecule has 3 nitrogen and oxygen atoms in total. The van der Waals surface area contributed by atoms with Crippen LogP contribution in [0.5, 0.6) is 0 Å². The quantitative estimate of drug-likeness (QED) is 0.881. The predicted octanol–water partition coefficient (Wildman–Crippen LogP) is 3.64. The van der Waals surface area contributed by atoms with E-state index in [2.05, 4.69) is 18.5 Å². The molecule has 1 fully saturated rings. The fourth-order valence-corrected chi connectivity index (χ4v) is 3.45. The van der Waals surface area contributed by atoms with Crippen LogP contribution in [0.1, 0.15) is 75.9 Å². The fourth-order valence-electron chi connectivity index (χ4n) is 3.45. The summed E-state index contributed by atoms with van der Waals surface area (Å²) in [5.41, 5.74) is 3.42. The minimum absolute atomic E-state index is 0.398. The Labute approximate surface area is 117 Å². The van der Waals surface area contributed by atoms with Crippen LogP contribution in [-0.4, -0.2) is 14.9 Å².